The number of thioether (sulfide) groups is 1. The van der Waals surface area contributed by atoms with Crippen LogP contribution >= 0.6 is 23.4 Å². The third-order valence-electron chi connectivity index (χ3n) is 1.55. The topological polar surface area (TPSA) is 23.8 Å². The van der Waals surface area contributed by atoms with E-state index < -0.39 is 0 Å². The lowest BCUT2D eigenvalue weighted by atomic mass is 10.1. The molecule has 12 heavy (non-hydrogen) atoms. The van der Waals surface area contributed by atoms with Crippen molar-refractivity contribution in [3.63, 3.8) is 0 Å². The second-order valence-corrected chi connectivity index (χ2v) is 3.31. The van der Waals surface area contributed by atoms with Crippen LogP contribution in [-0.4, -0.2) is 0 Å². The fraction of sp³-hybridized carbons (Fsp3) is 0.222. The van der Waals surface area contributed by atoms with Gasteiger partial charge in [0.2, 0.25) is 0 Å². The van der Waals surface area contributed by atoms with Gasteiger partial charge in [-0.1, -0.05) is 24.3 Å². The van der Waals surface area contributed by atoms with Crippen molar-refractivity contribution in [3.05, 3.63) is 35.4 Å². The van der Waals surface area contributed by atoms with Crippen LogP contribution in [0.25, 0.3) is 0 Å². The van der Waals surface area contributed by atoms with Gasteiger partial charge in [0.05, 0.1) is 0 Å². The summed E-state index contributed by atoms with van der Waals surface area (Å²) in [5.41, 5.74) is 2.26. The number of nitrogens with zero attached hydrogens (tertiary/aromatic N) is 1. The predicted octanol–water partition coefficient (Wildman–Crippen LogP) is 3.14. The summed E-state index contributed by atoms with van der Waals surface area (Å²) in [7, 11) is 0. The average molecular weight is 198 g/mol. The minimum Gasteiger partial charge on any atom is -0.185 e. The fourth-order valence-corrected chi connectivity index (χ4v) is 1.70. The van der Waals surface area contributed by atoms with Gasteiger partial charge in [-0.05, 0) is 22.9 Å². The summed E-state index contributed by atoms with van der Waals surface area (Å²) in [5, 5.41) is 10.4. The number of thiocyanates is 1. The SMILES string of the molecule is N#CSCc1ccccc1CCl. The van der Waals surface area contributed by atoms with Crippen molar-refractivity contribution in [2.24, 2.45) is 0 Å². The smallest absolute Gasteiger partial charge is 0.133 e. The van der Waals surface area contributed by atoms with Crippen LogP contribution in [0.4, 0.5) is 0 Å². The van der Waals surface area contributed by atoms with Crippen LogP contribution in [0.15, 0.2) is 24.3 Å². The van der Waals surface area contributed by atoms with Crippen LogP contribution in [0.2, 0.25) is 0 Å². The molecule has 0 heterocycles. The van der Waals surface area contributed by atoms with Gasteiger partial charge < -0.3 is 0 Å². The third-order valence-corrected chi connectivity index (χ3v) is 2.43. The number of hydrogen-bond acceptors (Lipinski definition) is 2. The first-order valence-electron chi connectivity index (χ1n) is 3.52. The van der Waals surface area contributed by atoms with Gasteiger partial charge >= 0.3 is 0 Å². The number of alkyl halides is 1. The fourth-order valence-electron chi connectivity index (χ4n) is 0.939. The Balaban J connectivity index is 2.76. The zero-order valence-corrected chi connectivity index (χ0v) is 8.03. The quantitative estimate of drug-likeness (QED) is 0.549. The van der Waals surface area contributed by atoms with Crippen molar-refractivity contribution < 1.29 is 0 Å². The van der Waals surface area contributed by atoms with E-state index in [-0.39, 0.29) is 0 Å². The van der Waals surface area contributed by atoms with Crippen LogP contribution in [-0.2, 0) is 11.6 Å². The molecule has 0 radical (unpaired) electrons. The van der Waals surface area contributed by atoms with Crippen molar-refractivity contribution >= 4 is 23.4 Å². The molecule has 0 aliphatic carbocycles. The Labute approximate surface area is 81.3 Å². The molecule has 62 valence electrons. The average Bonchev–Trinajstić information content (AvgIpc) is 2.15. The van der Waals surface area contributed by atoms with E-state index in [0.29, 0.717) is 5.88 Å². The summed E-state index contributed by atoms with van der Waals surface area (Å²) in [4.78, 5) is 0. The molecule has 0 N–H and O–H groups in total. The maximum absolute atomic E-state index is 8.37. The number of benzene rings is 1. The summed E-state index contributed by atoms with van der Waals surface area (Å²) in [6.45, 7) is 0. The maximum Gasteiger partial charge on any atom is 0.133 e. The van der Waals surface area contributed by atoms with Gasteiger partial charge in [0.25, 0.3) is 0 Å². The minimum absolute atomic E-state index is 0.516. The maximum atomic E-state index is 8.37. The molecule has 1 aromatic carbocycles. The third kappa shape index (κ3) is 2.44. The number of hydrogen-bond donors (Lipinski definition) is 0. The van der Waals surface area contributed by atoms with Crippen LogP contribution in [0.5, 0.6) is 0 Å². The molecular weight excluding hydrogens is 190 g/mol. The summed E-state index contributed by atoms with van der Waals surface area (Å²) in [6.07, 6.45) is 0. The standard InChI is InChI=1S/C9H8ClNS/c10-5-8-3-1-2-4-9(8)6-12-7-11/h1-4H,5-6H2. The van der Waals surface area contributed by atoms with E-state index >= 15 is 0 Å². The molecule has 3 heteroatoms. The first-order valence-corrected chi connectivity index (χ1v) is 5.04. The van der Waals surface area contributed by atoms with E-state index in [2.05, 4.69) is 0 Å². The molecule has 0 unspecified atom stereocenters. The monoisotopic (exact) mass is 197 g/mol. The lowest BCUT2D eigenvalue weighted by Gasteiger charge is -2.02. The van der Waals surface area contributed by atoms with Crippen LogP contribution in [0, 0.1) is 10.7 Å². The van der Waals surface area contributed by atoms with Crippen molar-refractivity contribution in [2.45, 2.75) is 11.6 Å². The minimum atomic E-state index is 0.516. The zero-order valence-electron chi connectivity index (χ0n) is 6.46. The molecule has 0 fully saturated rings. The highest BCUT2D eigenvalue weighted by molar-refractivity contribution is 8.02. The summed E-state index contributed by atoms with van der Waals surface area (Å²) in [6, 6.07) is 7.91. The molecule has 0 atom stereocenters. The summed E-state index contributed by atoms with van der Waals surface area (Å²) in [5.74, 6) is 1.24. The van der Waals surface area contributed by atoms with Gasteiger partial charge in [-0.3, -0.25) is 0 Å². The van der Waals surface area contributed by atoms with Crippen LogP contribution < -0.4 is 0 Å². The van der Waals surface area contributed by atoms with Crippen LogP contribution in [0.3, 0.4) is 0 Å². The molecule has 0 bridgehead atoms. The normalized spacial score (nSPS) is 9.33. The molecule has 1 aromatic rings. The van der Waals surface area contributed by atoms with Crippen molar-refractivity contribution in [1.29, 1.82) is 5.26 Å². The molecule has 0 saturated carbocycles. The first-order chi connectivity index (χ1) is 5.88. The van der Waals surface area contributed by atoms with E-state index in [4.69, 9.17) is 16.9 Å². The molecule has 0 aliphatic heterocycles. The Kier molecular flexibility index (Phi) is 3.99. The molecule has 0 aliphatic rings. The summed E-state index contributed by atoms with van der Waals surface area (Å²) >= 11 is 6.96. The second kappa shape index (κ2) is 5.08. The predicted molar refractivity (Wildman–Crippen MR) is 52.9 cm³/mol. The Morgan fingerprint density at radius 1 is 1.33 bits per heavy atom. The molecule has 0 aromatic heterocycles. The zero-order chi connectivity index (χ0) is 8.81. The van der Waals surface area contributed by atoms with Gasteiger partial charge in [-0.2, -0.15) is 5.26 Å². The molecule has 1 nitrogen and oxygen atoms in total. The van der Waals surface area contributed by atoms with Crippen molar-refractivity contribution in [3.8, 4) is 5.40 Å². The van der Waals surface area contributed by atoms with E-state index in [1.54, 1.807) is 0 Å². The van der Waals surface area contributed by atoms with E-state index in [0.717, 1.165) is 16.9 Å². The van der Waals surface area contributed by atoms with Gasteiger partial charge in [-0.15, -0.1) is 11.6 Å². The first kappa shape index (κ1) is 9.44. The summed E-state index contributed by atoms with van der Waals surface area (Å²) < 4.78 is 0. The van der Waals surface area contributed by atoms with E-state index in [1.165, 1.54) is 11.8 Å². The van der Waals surface area contributed by atoms with Gasteiger partial charge in [0.1, 0.15) is 5.40 Å². The lowest BCUT2D eigenvalue weighted by molar-refractivity contribution is 1.28. The highest BCUT2D eigenvalue weighted by Gasteiger charge is 1.99. The van der Waals surface area contributed by atoms with Crippen molar-refractivity contribution in [2.75, 3.05) is 0 Å². The van der Waals surface area contributed by atoms with Gasteiger partial charge in [0, 0.05) is 11.6 Å². The van der Waals surface area contributed by atoms with Gasteiger partial charge in [-0.25, -0.2) is 0 Å². The second-order valence-electron chi connectivity index (χ2n) is 2.28. The number of nitriles is 1. The Bertz CT molecular complexity index is 293. The molecule has 0 spiro atoms. The Morgan fingerprint density at radius 2 is 2.00 bits per heavy atom. The van der Waals surface area contributed by atoms with Crippen LogP contribution in [0.1, 0.15) is 11.1 Å². The molecule has 1 rings (SSSR count). The van der Waals surface area contributed by atoms with Crippen molar-refractivity contribution in [1.82, 2.24) is 0 Å². The highest BCUT2D eigenvalue weighted by Crippen LogP contribution is 2.16. The van der Waals surface area contributed by atoms with E-state index in [9.17, 15) is 0 Å². The Hall–Kier alpha value is -0.650. The number of halogens is 1. The molecular formula is C9H8ClNS. The lowest BCUT2D eigenvalue weighted by Crippen LogP contribution is -1.87. The molecule has 0 amide bonds. The van der Waals surface area contributed by atoms with E-state index in [1.807, 2.05) is 29.7 Å². The van der Waals surface area contributed by atoms with Gasteiger partial charge in [0.15, 0.2) is 0 Å². The number of rotatable bonds is 3. The molecule has 0 saturated heterocycles. The largest absolute Gasteiger partial charge is 0.185 e. The highest BCUT2D eigenvalue weighted by atomic mass is 35.5. The Morgan fingerprint density at radius 3 is 2.58 bits per heavy atom.